The molecule has 7 heteroatoms. The van der Waals surface area contributed by atoms with E-state index < -0.39 is 5.60 Å². The Kier molecular flexibility index (Phi) is 4.36. The lowest BCUT2D eigenvalue weighted by molar-refractivity contribution is 0.0505. The van der Waals surface area contributed by atoms with Crippen LogP contribution in [0.3, 0.4) is 0 Å². The van der Waals surface area contributed by atoms with Crippen molar-refractivity contribution in [2.75, 3.05) is 5.32 Å². The summed E-state index contributed by atoms with van der Waals surface area (Å²) in [5.41, 5.74) is -0.468. The van der Waals surface area contributed by atoms with Crippen molar-refractivity contribution >= 4 is 12.0 Å². The number of anilines is 1. The van der Waals surface area contributed by atoms with Gasteiger partial charge in [-0.05, 0) is 40.0 Å². The van der Waals surface area contributed by atoms with E-state index in [1.807, 2.05) is 20.8 Å². The van der Waals surface area contributed by atoms with Crippen LogP contribution in [0.5, 0.6) is 0 Å². The van der Waals surface area contributed by atoms with E-state index in [2.05, 4.69) is 25.8 Å². The van der Waals surface area contributed by atoms with Gasteiger partial charge in [0.2, 0.25) is 5.95 Å². The van der Waals surface area contributed by atoms with Gasteiger partial charge in [0.25, 0.3) is 0 Å². The van der Waals surface area contributed by atoms with Crippen molar-refractivity contribution in [3.63, 3.8) is 0 Å². The molecule has 1 aromatic heterocycles. The second-order valence-corrected chi connectivity index (χ2v) is 5.96. The zero-order valence-corrected chi connectivity index (χ0v) is 12.1. The molecule has 1 amide bonds. The first kappa shape index (κ1) is 14.5. The summed E-state index contributed by atoms with van der Waals surface area (Å²) in [6.45, 7) is 5.56. The van der Waals surface area contributed by atoms with Crippen molar-refractivity contribution in [2.24, 2.45) is 0 Å². The molecule has 0 spiro atoms. The predicted molar refractivity (Wildman–Crippen MR) is 74.2 cm³/mol. The predicted octanol–water partition coefficient (Wildman–Crippen LogP) is 1.73. The normalized spacial score (nSPS) is 22.4. The molecule has 0 radical (unpaired) electrons. The van der Waals surface area contributed by atoms with Crippen molar-refractivity contribution in [3.05, 3.63) is 12.4 Å². The van der Waals surface area contributed by atoms with Crippen LogP contribution >= 0.6 is 0 Å². The molecule has 20 heavy (non-hydrogen) atoms. The largest absolute Gasteiger partial charge is 0.444 e. The van der Waals surface area contributed by atoms with Gasteiger partial charge in [-0.2, -0.15) is 5.10 Å². The van der Waals surface area contributed by atoms with Gasteiger partial charge >= 0.3 is 6.09 Å². The SMILES string of the molecule is CC(C)(C)OC(=O)N[C@H]1CC[C@H](Nc2nccnn2)C1. The van der Waals surface area contributed by atoms with Gasteiger partial charge in [0.1, 0.15) is 5.60 Å². The summed E-state index contributed by atoms with van der Waals surface area (Å²) in [5, 5.41) is 13.8. The van der Waals surface area contributed by atoms with Crippen molar-refractivity contribution in [1.29, 1.82) is 0 Å². The standard InChI is InChI=1S/C13H21N5O2/c1-13(2,3)20-12(19)17-10-5-4-9(8-10)16-11-14-6-7-15-18-11/h6-7,9-10H,4-5,8H2,1-3H3,(H,17,19)(H,14,16,18)/t9-,10-/m0/s1. The minimum Gasteiger partial charge on any atom is -0.444 e. The van der Waals surface area contributed by atoms with E-state index in [0.29, 0.717) is 5.95 Å². The molecule has 1 aromatic rings. The molecule has 1 aliphatic carbocycles. The summed E-state index contributed by atoms with van der Waals surface area (Å²) in [7, 11) is 0. The second kappa shape index (κ2) is 6.02. The van der Waals surface area contributed by atoms with Gasteiger partial charge in [0, 0.05) is 12.1 Å². The Morgan fingerprint density at radius 2 is 2.05 bits per heavy atom. The van der Waals surface area contributed by atoms with Crippen molar-refractivity contribution in [2.45, 2.75) is 57.7 Å². The van der Waals surface area contributed by atoms with Gasteiger partial charge in [0.05, 0.1) is 12.4 Å². The molecule has 0 aromatic carbocycles. The zero-order chi connectivity index (χ0) is 14.6. The number of carbonyl (C=O) groups excluding carboxylic acids is 1. The number of hydrogen-bond acceptors (Lipinski definition) is 6. The minimum atomic E-state index is -0.468. The van der Waals surface area contributed by atoms with Crippen LogP contribution in [0.1, 0.15) is 40.0 Å². The average molecular weight is 279 g/mol. The smallest absolute Gasteiger partial charge is 0.407 e. The number of ether oxygens (including phenoxy) is 1. The van der Waals surface area contributed by atoms with Gasteiger partial charge in [-0.25, -0.2) is 9.78 Å². The van der Waals surface area contributed by atoms with Crippen molar-refractivity contribution < 1.29 is 9.53 Å². The number of rotatable bonds is 3. The minimum absolute atomic E-state index is 0.124. The summed E-state index contributed by atoms with van der Waals surface area (Å²) >= 11 is 0. The zero-order valence-electron chi connectivity index (χ0n) is 12.1. The molecule has 7 nitrogen and oxygen atoms in total. The van der Waals surface area contributed by atoms with Crippen LogP contribution in [0.25, 0.3) is 0 Å². The van der Waals surface area contributed by atoms with E-state index >= 15 is 0 Å². The van der Waals surface area contributed by atoms with Crippen LogP contribution in [0.4, 0.5) is 10.7 Å². The Hall–Kier alpha value is -1.92. The van der Waals surface area contributed by atoms with Crippen molar-refractivity contribution in [1.82, 2.24) is 20.5 Å². The highest BCUT2D eigenvalue weighted by Gasteiger charge is 2.28. The lowest BCUT2D eigenvalue weighted by atomic mass is 10.2. The number of hydrogen-bond donors (Lipinski definition) is 2. The van der Waals surface area contributed by atoms with Crippen LogP contribution in [-0.4, -0.2) is 39.0 Å². The molecule has 110 valence electrons. The van der Waals surface area contributed by atoms with Gasteiger partial charge in [0.15, 0.2) is 0 Å². The Labute approximate surface area is 118 Å². The number of aromatic nitrogens is 3. The maximum atomic E-state index is 11.7. The highest BCUT2D eigenvalue weighted by atomic mass is 16.6. The highest BCUT2D eigenvalue weighted by molar-refractivity contribution is 5.68. The Morgan fingerprint density at radius 1 is 1.30 bits per heavy atom. The van der Waals surface area contributed by atoms with Crippen LogP contribution in [-0.2, 0) is 4.74 Å². The molecule has 1 heterocycles. The maximum Gasteiger partial charge on any atom is 0.407 e. The lowest BCUT2D eigenvalue weighted by Gasteiger charge is -2.21. The average Bonchev–Trinajstić information content (AvgIpc) is 2.75. The van der Waals surface area contributed by atoms with E-state index in [1.165, 1.54) is 6.20 Å². The van der Waals surface area contributed by atoms with Crippen molar-refractivity contribution in [3.8, 4) is 0 Å². The van der Waals surface area contributed by atoms with Gasteiger partial charge in [-0.1, -0.05) is 0 Å². The quantitative estimate of drug-likeness (QED) is 0.876. The molecule has 0 aliphatic heterocycles. The molecule has 2 rings (SSSR count). The summed E-state index contributed by atoms with van der Waals surface area (Å²) in [5.74, 6) is 0.524. The fourth-order valence-corrected chi connectivity index (χ4v) is 2.21. The molecular formula is C13H21N5O2. The summed E-state index contributed by atoms with van der Waals surface area (Å²) in [6.07, 6.45) is 5.47. The van der Waals surface area contributed by atoms with Crippen LogP contribution < -0.4 is 10.6 Å². The molecule has 1 fully saturated rings. The van der Waals surface area contributed by atoms with E-state index in [1.54, 1.807) is 6.20 Å². The maximum absolute atomic E-state index is 11.7. The van der Waals surface area contributed by atoms with Gasteiger partial charge < -0.3 is 15.4 Å². The van der Waals surface area contributed by atoms with E-state index in [4.69, 9.17) is 4.74 Å². The fourth-order valence-electron chi connectivity index (χ4n) is 2.21. The molecule has 0 bridgehead atoms. The molecule has 0 saturated heterocycles. The number of nitrogens with zero attached hydrogens (tertiary/aromatic N) is 3. The third-order valence-electron chi connectivity index (χ3n) is 2.97. The monoisotopic (exact) mass is 279 g/mol. The van der Waals surface area contributed by atoms with E-state index in [-0.39, 0.29) is 18.2 Å². The second-order valence-electron chi connectivity index (χ2n) is 5.96. The molecule has 0 unspecified atom stereocenters. The third kappa shape index (κ3) is 4.64. The van der Waals surface area contributed by atoms with Crippen LogP contribution in [0, 0.1) is 0 Å². The number of nitrogens with one attached hydrogen (secondary N) is 2. The third-order valence-corrected chi connectivity index (χ3v) is 2.97. The summed E-state index contributed by atoms with van der Waals surface area (Å²) in [6, 6.07) is 0.373. The fraction of sp³-hybridized carbons (Fsp3) is 0.692. The number of amides is 1. The number of alkyl carbamates (subject to hydrolysis) is 1. The Morgan fingerprint density at radius 3 is 2.70 bits per heavy atom. The molecule has 1 saturated carbocycles. The van der Waals surface area contributed by atoms with Gasteiger partial charge in [-0.3, -0.25) is 0 Å². The molecule has 2 N–H and O–H groups in total. The van der Waals surface area contributed by atoms with Crippen LogP contribution in [0.15, 0.2) is 12.4 Å². The Bertz CT molecular complexity index is 446. The molecule has 2 atom stereocenters. The van der Waals surface area contributed by atoms with E-state index in [9.17, 15) is 4.79 Å². The topological polar surface area (TPSA) is 89.0 Å². The molecular weight excluding hydrogens is 258 g/mol. The van der Waals surface area contributed by atoms with E-state index in [0.717, 1.165) is 19.3 Å². The first-order chi connectivity index (χ1) is 9.42. The first-order valence-corrected chi connectivity index (χ1v) is 6.82. The van der Waals surface area contributed by atoms with Crippen LogP contribution in [0.2, 0.25) is 0 Å². The van der Waals surface area contributed by atoms with Gasteiger partial charge in [-0.15, -0.1) is 5.10 Å². The highest BCUT2D eigenvalue weighted by Crippen LogP contribution is 2.22. The molecule has 1 aliphatic rings. The summed E-state index contributed by atoms with van der Waals surface area (Å²) < 4.78 is 5.25. The first-order valence-electron chi connectivity index (χ1n) is 6.82. The number of carbonyl (C=O) groups is 1. The lowest BCUT2D eigenvalue weighted by Crippen LogP contribution is -2.38. The Balaban J connectivity index is 1.77. The summed E-state index contributed by atoms with van der Waals surface area (Å²) in [4.78, 5) is 15.8.